The molecule has 2 aromatic rings. The Morgan fingerprint density at radius 3 is 1.54 bits per heavy atom. The van der Waals surface area contributed by atoms with Gasteiger partial charge in [0.05, 0.1) is 0 Å². The lowest BCUT2D eigenvalue weighted by Crippen LogP contribution is -2.28. The van der Waals surface area contributed by atoms with Gasteiger partial charge < -0.3 is 0 Å². The maximum Gasteiger partial charge on any atom is 0.586 e. The number of rotatable bonds is 0. The molecule has 0 bridgehead atoms. The summed E-state index contributed by atoms with van der Waals surface area (Å²) in [6, 6.07) is 11.4. The molecular formula is C10H10BN2+. The van der Waals surface area contributed by atoms with Crippen LogP contribution >= 0.6 is 0 Å². The van der Waals surface area contributed by atoms with Gasteiger partial charge in [0, 0.05) is 12.4 Å². The molecule has 2 rings (SSSR count). The lowest BCUT2D eigenvalue weighted by Gasteiger charge is -1.78. The smallest absolute Gasteiger partial charge is 0.293 e. The average molecular weight is 169 g/mol. The lowest BCUT2D eigenvalue weighted by molar-refractivity contribution is -0.521. The minimum Gasteiger partial charge on any atom is -0.293 e. The topological polar surface area (TPSA) is 16.8 Å². The number of hydrogen-bond donors (Lipinski definition) is 0. The first-order valence-electron chi connectivity index (χ1n) is 3.96. The van der Waals surface area contributed by atoms with Crippen molar-refractivity contribution in [3.63, 3.8) is 0 Å². The summed E-state index contributed by atoms with van der Waals surface area (Å²) in [5.74, 6) is 0. The van der Waals surface area contributed by atoms with Crippen LogP contribution in [0.5, 0.6) is 0 Å². The second kappa shape index (κ2) is 5.95. The normalized spacial score (nSPS) is 8.31. The van der Waals surface area contributed by atoms with Gasteiger partial charge in [-0.1, -0.05) is 12.1 Å². The third-order valence-electron chi connectivity index (χ3n) is 1.31. The maximum absolute atomic E-state index is 5.27. The van der Waals surface area contributed by atoms with Crippen LogP contribution in [0.1, 0.15) is 0 Å². The van der Waals surface area contributed by atoms with E-state index in [1.165, 1.54) is 4.48 Å². The summed E-state index contributed by atoms with van der Waals surface area (Å²) in [5.41, 5.74) is 0. The molecule has 0 saturated carbocycles. The Labute approximate surface area is 79.3 Å². The van der Waals surface area contributed by atoms with Gasteiger partial charge in [-0.25, -0.2) is 0 Å². The molecule has 0 spiro atoms. The first kappa shape index (κ1) is 9.45. The summed E-state index contributed by atoms with van der Waals surface area (Å²) in [4.78, 5) is 3.78. The fraction of sp³-hybridized carbons (Fsp3) is 0. The van der Waals surface area contributed by atoms with Crippen LogP contribution in [-0.4, -0.2) is 13.0 Å². The highest BCUT2D eigenvalue weighted by Crippen LogP contribution is 1.73. The van der Waals surface area contributed by atoms with Crippen LogP contribution in [0.3, 0.4) is 0 Å². The SMILES string of the molecule is [B][n+]1ccccc1.c1ccncc1. The Bertz CT molecular complexity index is 283. The maximum atomic E-state index is 5.27. The van der Waals surface area contributed by atoms with Crippen molar-refractivity contribution in [2.75, 3.05) is 0 Å². The standard InChI is InChI=1S/C5H5BN.C5H5N/c6-7-4-2-1-3-5-7;1-2-4-6-5-3-1/h1-5H;1-5H/q+1;. The highest BCUT2D eigenvalue weighted by Gasteiger charge is 1.81. The minimum absolute atomic E-state index is 1.50. The van der Waals surface area contributed by atoms with Crippen molar-refractivity contribution in [1.29, 1.82) is 0 Å². The highest BCUT2D eigenvalue weighted by molar-refractivity contribution is 5.94. The summed E-state index contributed by atoms with van der Waals surface area (Å²) in [6.45, 7) is 0. The van der Waals surface area contributed by atoms with Gasteiger partial charge in [-0.2, -0.15) is 0 Å². The fourth-order valence-electron chi connectivity index (χ4n) is 0.725. The van der Waals surface area contributed by atoms with Crippen LogP contribution in [0.25, 0.3) is 0 Å². The molecular weight excluding hydrogens is 159 g/mol. The molecule has 13 heavy (non-hydrogen) atoms. The van der Waals surface area contributed by atoms with Gasteiger partial charge in [0.2, 0.25) is 0 Å². The summed E-state index contributed by atoms with van der Waals surface area (Å²) in [6.07, 6.45) is 7.06. The summed E-state index contributed by atoms with van der Waals surface area (Å²) < 4.78 is 1.50. The second-order valence-electron chi connectivity index (χ2n) is 2.35. The van der Waals surface area contributed by atoms with Crippen LogP contribution in [0.15, 0.2) is 61.2 Å². The fourth-order valence-corrected chi connectivity index (χ4v) is 0.725. The van der Waals surface area contributed by atoms with E-state index in [1.54, 1.807) is 24.8 Å². The van der Waals surface area contributed by atoms with Crippen molar-refractivity contribution in [1.82, 2.24) is 4.98 Å². The summed E-state index contributed by atoms with van der Waals surface area (Å²) >= 11 is 0. The predicted molar refractivity (Wildman–Crippen MR) is 52.0 cm³/mol. The van der Waals surface area contributed by atoms with Crippen LogP contribution in [0, 0.1) is 0 Å². The molecule has 0 N–H and O–H groups in total. The molecule has 0 aliphatic heterocycles. The first-order chi connectivity index (χ1) is 6.39. The molecule has 0 aliphatic carbocycles. The number of hydrogen-bond acceptors (Lipinski definition) is 1. The molecule has 3 heteroatoms. The largest absolute Gasteiger partial charge is 0.586 e. The van der Waals surface area contributed by atoms with E-state index in [4.69, 9.17) is 7.98 Å². The molecule has 0 atom stereocenters. The Morgan fingerprint density at radius 1 is 0.769 bits per heavy atom. The Kier molecular flexibility index (Phi) is 4.32. The first-order valence-corrected chi connectivity index (χ1v) is 3.96. The molecule has 0 aliphatic rings. The zero-order chi connectivity index (χ0) is 9.36. The molecule has 2 heterocycles. The van der Waals surface area contributed by atoms with Crippen LogP contribution in [-0.2, 0) is 0 Å². The van der Waals surface area contributed by atoms with Crippen LogP contribution in [0.2, 0.25) is 0 Å². The average Bonchev–Trinajstić information content (AvgIpc) is 2.22. The summed E-state index contributed by atoms with van der Waals surface area (Å²) in [5, 5.41) is 0. The van der Waals surface area contributed by atoms with E-state index in [0.717, 1.165) is 0 Å². The van der Waals surface area contributed by atoms with Crippen LogP contribution in [0.4, 0.5) is 0 Å². The third-order valence-corrected chi connectivity index (χ3v) is 1.31. The molecule has 2 aromatic heterocycles. The van der Waals surface area contributed by atoms with Gasteiger partial charge in [0.25, 0.3) is 0 Å². The number of pyridine rings is 2. The van der Waals surface area contributed by atoms with E-state index in [-0.39, 0.29) is 0 Å². The van der Waals surface area contributed by atoms with Crippen molar-refractivity contribution < 1.29 is 4.48 Å². The molecule has 62 valence electrons. The molecule has 0 aromatic carbocycles. The zero-order valence-electron chi connectivity index (χ0n) is 7.25. The Hall–Kier alpha value is -1.64. The van der Waals surface area contributed by atoms with Gasteiger partial charge in [-0.05, 0) is 24.3 Å². The van der Waals surface area contributed by atoms with E-state index in [0.29, 0.717) is 0 Å². The van der Waals surface area contributed by atoms with E-state index in [9.17, 15) is 0 Å². The number of aromatic nitrogens is 2. The monoisotopic (exact) mass is 169 g/mol. The Balaban J connectivity index is 0.000000132. The van der Waals surface area contributed by atoms with Gasteiger partial charge in [-0.15, -0.1) is 0 Å². The lowest BCUT2D eigenvalue weighted by atomic mass is 10.3. The van der Waals surface area contributed by atoms with Gasteiger partial charge in [-0.3, -0.25) is 9.46 Å². The number of nitrogens with zero attached hydrogens (tertiary/aromatic N) is 2. The third kappa shape index (κ3) is 4.74. The van der Waals surface area contributed by atoms with Gasteiger partial charge >= 0.3 is 7.98 Å². The quantitative estimate of drug-likeness (QED) is 0.537. The molecule has 2 nitrogen and oxygen atoms in total. The Morgan fingerprint density at radius 2 is 1.31 bits per heavy atom. The van der Waals surface area contributed by atoms with E-state index >= 15 is 0 Å². The predicted octanol–water partition coefficient (Wildman–Crippen LogP) is 0.987. The minimum atomic E-state index is 1.50. The van der Waals surface area contributed by atoms with Gasteiger partial charge in [0.15, 0.2) is 0 Å². The van der Waals surface area contributed by atoms with Crippen molar-refractivity contribution in [2.24, 2.45) is 0 Å². The van der Waals surface area contributed by atoms with Crippen molar-refractivity contribution in [2.45, 2.75) is 0 Å². The molecule has 0 amide bonds. The molecule has 0 fully saturated rings. The molecule has 0 unspecified atom stereocenters. The van der Waals surface area contributed by atoms with Gasteiger partial charge in [0.1, 0.15) is 12.4 Å². The van der Waals surface area contributed by atoms with E-state index < -0.39 is 0 Å². The van der Waals surface area contributed by atoms with Crippen molar-refractivity contribution >= 4 is 7.98 Å². The molecule has 0 saturated heterocycles. The van der Waals surface area contributed by atoms with E-state index in [2.05, 4.69) is 4.98 Å². The van der Waals surface area contributed by atoms with Crippen molar-refractivity contribution in [3.8, 4) is 0 Å². The van der Waals surface area contributed by atoms with Crippen LogP contribution < -0.4 is 4.48 Å². The highest BCUT2D eigenvalue weighted by atomic mass is 14.8. The summed E-state index contributed by atoms with van der Waals surface area (Å²) in [7, 11) is 5.27. The second-order valence-corrected chi connectivity index (χ2v) is 2.35. The zero-order valence-corrected chi connectivity index (χ0v) is 7.25. The van der Waals surface area contributed by atoms with Crippen molar-refractivity contribution in [3.05, 3.63) is 61.2 Å². The van der Waals surface area contributed by atoms with E-state index in [1.807, 2.05) is 36.4 Å². The molecule has 2 radical (unpaired) electrons.